The van der Waals surface area contributed by atoms with Gasteiger partial charge in [-0.1, -0.05) is 54.5 Å². The lowest BCUT2D eigenvalue weighted by molar-refractivity contribution is 0.198. The molecule has 1 aliphatic heterocycles. The van der Waals surface area contributed by atoms with E-state index < -0.39 is 0 Å². The van der Waals surface area contributed by atoms with Gasteiger partial charge in [-0.2, -0.15) is 4.98 Å². The largest absolute Gasteiger partial charge is 0.356 e. The number of likely N-dealkylation sites (tertiary alicyclic amines) is 1. The van der Waals surface area contributed by atoms with Crippen LogP contribution in [0.15, 0.2) is 64.1 Å². The van der Waals surface area contributed by atoms with Crippen molar-refractivity contribution in [2.75, 3.05) is 26.7 Å². The second-order valence-corrected chi connectivity index (χ2v) is 8.50. The summed E-state index contributed by atoms with van der Waals surface area (Å²) in [7, 11) is 1.84. The monoisotopic (exact) mass is 574 g/mol. The zero-order valence-electron chi connectivity index (χ0n) is 20.0. The van der Waals surface area contributed by atoms with E-state index in [9.17, 15) is 0 Å². The van der Waals surface area contributed by atoms with Crippen molar-refractivity contribution in [1.29, 1.82) is 0 Å². The molecule has 1 aliphatic rings. The maximum Gasteiger partial charge on any atom is 0.257 e. The predicted molar refractivity (Wildman–Crippen MR) is 147 cm³/mol. The van der Waals surface area contributed by atoms with Crippen LogP contribution in [-0.2, 0) is 19.4 Å². The fourth-order valence-corrected chi connectivity index (χ4v) is 4.12. The molecule has 4 rings (SSSR count). The van der Waals surface area contributed by atoms with Crippen LogP contribution >= 0.6 is 24.0 Å². The summed E-state index contributed by atoms with van der Waals surface area (Å²) in [5.74, 6) is 2.20. The van der Waals surface area contributed by atoms with Crippen LogP contribution in [0.3, 0.4) is 0 Å². The number of guanidine groups is 1. The van der Waals surface area contributed by atoms with Crippen LogP contribution in [0.1, 0.15) is 36.7 Å². The summed E-state index contributed by atoms with van der Waals surface area (Å²) in [6.07, 6.45) is 3.95. The van der Waals surface area contributed by atoms with E-state index in [1.165, 1.54) is 11.1 Å². The van der Waals surface area contributed by atoms with Gasteiger partial charge in [-0.05, 0) is 42.5 Å². The third-order valence-corrected chi connectivity index (χ3v) is 6.09. The van der Waals surface area contributed by atoms with Gasteiger partial charge in [-0.25, -0.2) is 0 Å². The van der Waals surface area contributed by atoms with Crippen molar-refractivity contribution in [2.24, 2.45) is 4.99 Å². The van der Waals surface area contributed by atoms with Crippen molar-refractivity contribution in [3.05, 3.63) is 71.5 Å². The molecule has 2 N–H and O–H groups in total. The predicted octanol–water partition coefficient (Wildman–Crippen LogP) is 4.29. The van der Waals surface area contributed by atoms with E-state index in [4.69, 9.17) is 4.52 Å². The molecule has 0 saturated carbocycles. The van der Waals surface area contributed by atoms with E-state index in [0.717, 1.165) is 69.2 Å². The molecule has 1 fully saturated rings. The van der Waals surface area contributed by atoms with Gasteiger partial charge in [0.25, 0.3) is 5.89 Å². The van der Waals surface area contributed by atoms with Crippen LogP contribution in [0, 0.1) is 0 Å². The number of hydrogen-bond donors (Lipinski definition) is 2. The number of nitrogens with zero attached hydrogens (tertiary/aromatic N) is 4. The number of benzene rings is 2. The van der Waals surface area contributed by atoms with Crippen molar-refractivity contribution in [3.8, 4) is 11.5 Å². The van der Waals surface area contributed by atoms with Gasteiger partial charge in [0.15, 0.2) is 11.8 Å². The molecule has 34 heavy (non-hydrogen) atoms. The summed E-state index contributed by atoms with van der Waals surface area (Å²) < 4.78 is 5.32. The topological polar surface area (TPSA) is 78.6 Å². The van der Waals surface area contributed by atoms with Crippen molar-refractivity contribution < 1.29 is 4.52 Å². The van der Waals surface area contributed by atoms with Gasteiger partial charge in [0.2, 0.25) is 0 Å². The van der Waals surface area contributed by atoms with Crippen molar-refractivity contribution in [1.82, 2.24) is 25.7 Å². The highest BCUT2D eigenvalue weighted by molar-refractivity contribution is 14.0. The third-order valence-electron chi connectivity index (χ3n) is 6.09. The fourth-order valence-electron chi connectivity index (χ4n) is 4.12. The quantitative estimate of drug-likeness (QED) is 0.238. The first kappa shape index (κ1) is 26.2. The van der Waals surface area contributed by atoms with Crippen molar-refractivity contribution in [3.63, 3.8) is 0 Å². The zero-order valence-corrected chi connectivity index (χ0v) is 22.4. The first-order chi connectivity index (χ1) is 16.2. The van der Waals surface area contributed by atoms with Gasteiger partial charge in [-0.3, -0.25) is 9.89 Å². The van der Waals surface area contributed by atoms with E-state index in [0.29, 0.717) is 11.9 Å². The van der Waals surface area contributed by atoms with Crippen molar-refractivity contribution >= 4 is 29.9 Å². The summed E-state index contributed by atoms with van der Waals surface area (Å²) in [5.41, 5.74) is 3.60. The molecule has 2 heterocycles. The van der Waals surface area contributed by atoms with Crippen LogP contribution in [0.2, 0.25) is 0 Å². The zero-order chi connectivity index (χ0) is 22.9. The molecule has 0 radical (unpaired) electrons. The van der Waals surface area contributed by atoms with Crippen LogP contribution in [0.4, 0.5) is 0 Å². The van der Waals surface area contributed by atoms with Crippen LogP contribution in [0.25, 0.3) is 11.5 Å². The third kappa shape index (κ3) is 7.53. The molecular weight excluding hydrogens is 539 g/mol. The highest BCUT2D eigenvalue weighted by Gasteiger charge is 2.20. The summed E-state index contributed by atoms with van der Waals surface area (Å²) >= 11 is 0. The Morgan fingerprint density at radius 2 is 1.79 bits per heavy atom. The maximum absolute atomic E-state index is 5.32. The molecule has 182 valence electrons. The van der Waals surface area contributed by atoms with Gasteiger partial charge >= 0.3 is 0 Å². The molecule has 0 amide bonds. The van der Waals surface area contributed by atoms with Gasteiger partial charge in [0.1, 0.15) is 0 Å². The van der Waals surface area contributed by atoms with Crippen LogP contribution < -0.4 is 10.6 Å². The molecule has 0 aliphatic carbocycles. The lowest BCUT2D eigenvalue weighted by Crippen LogP contribution is -2.48. The minimum atomic E-state index is 0. The maximum atomic E-state index is 5.32. The van der Waals surface area contributed by atoms with Crippen molar-refractivity contribution in [2.45, 2.75) is 45.2 Å². The number of aryl methyl sites for hydroxylation is 1. The SMILES string of the molecule is CCc1noc(-c2ccc(CCNC(=NC)NC3CCN(Cc4ccccc4)CC3)cc2)n1.I. The lowest BCUT2D eigenvalue weighted by Gasteiger charge is -2.33. The number of piperidine rings is 1. The molecule has 3 aromatic rings. The smallest absolute Gasteiger partial charge is 0.257 e. The summed E-state index contributed by atoms with van der Waals surface area (Å²) in [6.45, 7) is 6.09. The van der Waals surface area contributed by atoms with Crippen LogP contribution in [-0.4, -0.2) is 53.7 Å². The number of aliphatic imine (C=N–C) groups is 1. The number of rotatable bonds is 8. The lowest BCUT2D eigenvalue weighted by atomic mass is 10.0. The van der Waals surface area contributed by atoms with Gasteiger partial charge in [0, 0.05) is 51.3 Å². The Hall–Kier alpha value is -2.46. The first-order valence-electron chi connectivity index (χ1n) is 11.9. The van der Waals surface area contributed by atoms with Gasteiger partial charge in [-0.15, -0.1) is 24.0 Å². The normalized spacial score (nSPS) is 15.1. The highest BCUT2D eigenvalue weighted by Crippen LogP contribution is 2.18. The summed E-state index contributed by atoms with van der Waals surface area (Å²) in [5, 5.41) is 11.0. The Balaban J connectivity index is 0.00000324. The number of nitrogens with one attached hydrogen (secondary N) is 2. The fraction of sp³-hybridized carbons (Fsp3) is 0.423. The molecule has 7 nitrogen and oxygen atoms in total. The number of halogens is 1. The van der Waals surface area contributed by atoms with E-state index in [-0.39, 0.29) is 24.0 Å². The molecule has 0 bridgehead atoms. The number of hydrogen-bond acceptors (Lipinski definition) is 5. The molecule has 0 unspecified atom stereocenters. The van der Waals surface area contributed by atoms with E-state index in [1.807, 2.05) is 26.1 Å². The molecule has 1 aromatic heterocycles. The van der Waals surface area contributed by atoms with Crippen LogP contribution in [0.5, 0.6) is 0 Å². The molecule has 8 heteroatoms. The Labute approximate surface area is 219 Å². The first-order valence-corrected chi connectivity index (χ1v) is 11.9. The van der Waals surface area contributed by atoms with E-state index >= 15 is 0 Å². The Kier molecular flexibility index (Phi) is 10.3. The Morgan fingerprint density at radius 3 is 2.44 bits per heavy atom. The average molecular weight is 575 g/mol. The molecular formula is C26H35IN6O. The standard InChI is InChI=1S/C26H34N6O.HI/c1-3-24-30-25(33-31-24)22-11-9-20(10-12-22)13-16-28-26(27-2)29-23-14-17-32(18-15-23)19-21-7-5-4-6-8-21;/h4-12,23H,3,13-19H2,1-2H3,(H2,27,28,29);1H. The Morgan fingerprint density at radius 1 is 1.06 bits per heavy atom. The summed E-state index contributed by atoms with van der Waals surface area (Å²) in [6, 6.07) is 19.5. The molecule has 2 aromatic carbocycles. The molecule has 1 saturated heterocycles. The average Bonchev–Trinajstić information content (AvgIpc) is 3.35. The van der Waals surface area contributed by atoms with Gasteiger partial charge in [0.05, 0.1) is 0 Å². The minimum absolute atomic E-state index is 0. The second-order valence-electron chi connectivity index (χ2n) is 8.50. The van der Waals surface area contributed by atoms with E-state index in [2.05, 4.69) is 73.1 Å². The second kappa shape index (κ2) is 13.4. The van der Waals surface area contributed by atoms with E-state index in [1.54, 1.807) is 0 Å². The molecule has 0 atom stereocenters. The minimum Gasteiger partial charge on any atom is -0.356 e. The summed E-state index contributed by atoms with van der Waals surface area (Å²) in [4.78, 5) is 11.3. The highest BCUT2D eigenvalue weighted by atomic mass is 127. The number of aromatic nitrogens is 2. The van der Waals surface area contributed by atoms with Gasteiger partial charge < -0.3 is 15.2 Å². The Bertz CT molecular complexity index is 1010. The molecule has 0 spiro atoms.